The lowest BCUT2D eigenvalue weighted by atomic mass is 9.99. The normalized spacial score (nSPS) is 16.9. The molecular formula is C66H47N5O2P2. The van der Waals surface area contributed by atoms with E-state index >= 15 is 9.13 Å². The SMILES string of the molecule is O=P1(c2ccccc2)N(c2ccccc2)c2ccc(-c3ccc4c(c3)c3cc(-c5ccc6c(c5)N(c5ccccc5)P(=O)(c5ccccc5)N6c5ccccc5)ccc3n4-c3ccccc3)cc2N1c1ccccc1. The van der Waals surface area contributed by atoms with E-state index in [-0.39, 0.29) is 0 Å². The summed E-state index contributed by atoms with van der Waals surface area (Å²) in [5.41, 5.74) is 14.2. The Balaban J connectivity index is 0.949. The largest absolute Gasteiger partial charge is 0.309 e. The molecule has 0 saturated carbocycles. The number of rotatable bonds is 9. The first-order chi connectivity index (χ1) is 37.0. The van der Waals surface area contributed by atoms with Crippen LogP contribution in [-0.2, 0) is 9.13 Å². The molecule has 2 aliphatic rings. The standard InChI is InChI=1S/C66H47N5O2P2/c72-74(57-32-18-6-19-33-57)68(53-24-10-2-11-25-53)63-42-38-50(46-65(63)70(74)55-28-14-4-15-29-55)48-36-40-61-59(44-48)60-45-49(37-41-62(60)67(61)52-22-8-1-9-23-52)51-39-43-64-66(47-51)71(56-30-16-5-17-31-56)75(73,58-34-20-7-21-35-58)69(64)54-26-12-3-13-27-54/h1-47H. The minimum Gasteiger partial charge on any atom is -0.309 e. The van der Waals surface area contributed by atoms with Crippen molar-refractivity contribution in [1.82, 2.24) is 4.57 Å². The summed E-state index contributed by atoms with van der Waals surface area (Å²) in [6.07, 6.45) is 0. The summed E-state index contributed by atoms with van der Waals surface area (Å²) in [6, 6.07) is 97.2. The van der Waals surface area contributed by atoms with Gasteiger partial charge in [-0.3, -0.25) is 27.8 Å². The van der Waals surface area contributed by atoms with E-state index in [0.717, 1.165) is 106 Å². The fourth-order valence-corrected chi connectivity index (χ4v) is 17.3. The number of hydrogen-bond donors (Lipinski definition) is 0. The number of aromatic nitrogens is 1. The zero-order valence-electron chi connectivity index (χ0n) is 40.6. The number of hydrogen-bond acceptors (Lipinski definition) is 2. The molecule has 2 aliphatic heterocycles. The fourth-order valence-electron chi connectivity index (χ4n) is 11.3. The molecule has 9 heteroatoms. The Morgan fingerprint density at radius 2 is 0.507 bits per heavy atom. The van der Waals surface area contributed by atoms with Crippen LogP contribution in [0.2, 0.25) is 0 Å². The molecule has 7 nitrogen and oxygen atoms in total. The molecule has 11 aromatic carbocycles. The minimum absolute atomic E-state index is 0.747. The Kier molecular flexibility index (Phi) is 10.6. The van der Waals surface area contributed by atoms with Crippen LogP contribution in [0.25, 0.3) is 49.7 Å². The van der Waals surface area contributed by atoms with E-state index in [0.29, 0.717) is 0 Å². The third-order valence-corrected chi connectivity index (χ3v) is 20.5. The maximum atomic E-state index is 16.4. The maximum absolute atomic E-state index is 16.4. The van der Waals surface area contributed by atoms with Crippen LogP contribution in [0.15, 0.2) is 285 Å². The van der Waals surface area contributed by atoms with Crippen molar-refractivity contribution >= 4 is 92.8 Å². The lowest BCUT2D eigenvalue weighted by Gasteiger charge is -2.33. The highest BCUT2D eigenvalue weighted by Gasteiger charge is 2.50. The first-order valence-electron chi connectivity index (χ1n) is 25.1. The summed E-state index contributed by atoms with van der Waals surface area (Å²) in [4.78, 5) is 0. The molecule has 0 spiro atoms. The van der Waals surface area contributed by atoms with Crippen LogP contribution in [0.1, 0.15) is 0 Å². The summed E-state index contributed by atoms with van der Waals surface area (Å²) in [5, 5.41) is 3.70. The van der Waals surface area contributed by atoms with Gasteiger partial charge in [0.15, 0.2) is 0 Å². The van der Waals surface area contributed by atoms with Gasteiger partial charge in [0.05, 0.1) is 44.4 Å². The molecule has 3 heterocycles. The Hall–Kier alpha value is -9.12. The van der Waals surface area contributed by atoms with Crippen molar-refractivity contribution in [3.8, 4) is 27.9 Å². The molecule has 0 aliphatic carbocycles. The van der Waals surface area contributed by atoms with Gasteiger partial charge in [-0.25, -0.2) is 0 Å². The monoisotopic (exact) mass is 1000 g/mol. The Morgan fingerprint density at radius 3 is 0.840 bits per heavy atom. The van der Waals surface area contributed by atoms with E-state index in [9.17, 15) is 0 Å². The summed E-state index contributed by atoms with van der Waals surface area (Å²) in [5.74, 6) is 0. The molecule has 2 atom stereocenters. The number of para-hydroxylation sites is 5. The lowest BCUT2D eigenvalue weighted by Crippen LogP contribution is -2.26. The second-order valence-corrected chi connectivity index (χ2v) is 23.7. The zero-order chi connectivity index (χ0) is 50.1. The van der Waals surface area contributed by atoms with E-state index in [1.54, 1.807) is 0 Å². The molecule has 0 amide bonds. The Labute approximate surface area is 436 Å². The summed E-state index contributed by atoms with van der Waals surface area (Å²) in [7, 11) is -7.09. The van der Waals surface area contributed by atoms with Crippen molar-refractivity contribution in [3.05, 3.63) is 285 Å². The lowest BCUT2D eigenvalue weighted by molar-refractivity contribution is 0.581. The molecule has 2 unspecified atom stereocenters. The van der Waals surface area contributed by atoms with Crippen LogP contribution in [0.4, 0.5) is 45.5 Å². The van der Waals surface area contributed by atoms with E-state index in [1.807, 2.05) is 191 Å². The van der Waals surface area contributed by atoms with Crippen LogP contribution < -0.4 is 29.3 Å². The van der Waals surface area contributed by atoms with Crippen LogP contribution in [0, 0.1) is 0 Å². The fraction of sp³-hybridized carbons (Fsp3) is 0. The van der Waals surface area contributed by atoms with Crippen molar-refractivity contribution in [1.29, 1.82) is 0 Å². The first kappa shape index (κ1) is 44.6. The van der Waals surface area contributed by atoms with Gasteiger partial charge in [0.25, 0.3) is 0 Å². The number of nitrogens with zero attached hydrogens (tertiary/aromatic N) is 5. The molecule has 75 heavy (non-hydrogen) atoms. The quantitative estimate of drug-likeness (QED) is 0.134. The van der Waals surface area contributed by atoms with Crippen molar-refractivity contribution in [2.24, 2.45) is 0 Å². The van der Waals surface area contributed by atoms with Crippen molar-refractivity contribution < 1.29 is 9.13 Å². The first-order valence-corrected chi connectivity index (χ1v) is 28.4. The number of fused-ring (bicyclic) bond motifs is 5. The molecule has 12 aromatic rings. The van der Waals surface area contributed by atoms with Crippen LogP contribution >= 0.6 is 14.9 Å². The van der Waals surface area contributed by atoms with Crippen LogP contribution in [0.3, 0.4) is 0 Å². The molecule has 0 saturated heterocycles. The van der Waals surface area contributed by atoms with Gasteiger partial charge >= 0.3 is 14.9 Å². The summed E-state index contributed by atoms with van der Waals surface area (Å²) < 4.78 is 43.3. The molecule has 358 valence electrons. The highest BCUT2D eigenvalue weighted by molar-refractivity contribution is 7.76. The van der Waals surface area contributed by atoms with Gasteiger partial charge in [-0.15, -0.1) is 0 Å². The zero-order valence-corrected chi connectivity index (χ0v) is 42.4. The Morgan fingerprint density at radius 1 is 0.240 bits per heavy atom. The van der Waals surface area contributed by atoms with Gasteiger partial charge in [0, 0.05) is 39.2 Å². The molecule has 0 fully saturated rings. The van der Waals surface area contributed by atoms with E-state index in [1.165, 1.54) is 0 Å². The summed E-state index contributed by atoms with van der Waals surface area (Å²) in [6.45, 7) is 0. The van der Waals surface area contributed by atoms with Gasteiger partial charge in [-0.05, 0) is 156 Å². The number of anilines is 8. The molecule has 1 aromatic heterocycles. The molecule has 14 rings (SSSR count). The topological polar surface area (TPSA) is 52.0 Å². The molecule has 0 radical (unpaired) electrons. The highest BCUT2D eigenvalue weighted by atomic mass is 31.2. The van der Waals surface area contributed by atoms with Gasteiger partial charge < -0.3 is 4.57 Å². The van der Waals surface area contributed by atoms with E-state index < -0.39 is 14.9 Å². The van der Waals surface area contributed by atoms with Gasteiger partial charge in [0.1, 0.15) is 0 Å². The van der Waals surface area contributed by atoms with Crippen LogP contribution in [-0.4, -0.2) is 4.57 Å². The summed E-state index contributed by atoms with van der Waals surface area (Å²) >= 11 is 0. The third-order valence-electron chi connectivity index (χ3n) is 14.6. The smallest absolute Gasteiger partial charge is 0.301 e. The number of benzene rings is 11. The van der Waals surface area contributed by atoms with Crippen molar-refractivity contribution in [2.45, 2.75) is 0 Å². The second-order valence-electron chi connectivity index (χ2n) is 18.9. The average Bonchev–Trinajstić information content (AvgIpc) is 4.06. The van der Waals surface area contributed by atoms with Crippen molar-refractivity contribution in [2.75, 3.05) is 18.7 Å². The van der Waals surface area contributed by atoms with E-state index in [2.05, 4.69) is 117 Å². The minimum atomic E-state index is -3.54. The second kappa shape index (κ2) is 17.8. The predicted octanol–water partition coefficient (Wildman–Crippen LogP) is 17.7. The van der Waals surface area contributed by atoms with Gasteiger partial charge in [-0.2, -0.15) is 0 Å². The van der Waals surface area contributed by atoms with Crippen LogP contribution in [0.5, 0.6) is 0 Å². The van der Waals surface area contributed by atoms with Crippen molar-refractivity contribution in [3.63, 3.8) is 0 Å². The third kappa shape index (κ3) is 7.04. The van der Waals surface area contributed by atoms with Gasteiger partial charge in [0.2, 0.25) is 0 Å². The molecule has 0 N–H and O–H groups in total. The predicted molar refractivity (Wildman–Crippen MR) is 313 cm³/mol. The Bertz CT molecular complexity index is 3950. The maximum Gasteiger partial charge on any atom is 0.301 e. The molecule has 0 bridgehead atoms. The highest BCUT2D eigenvalue weighted by Crippen LogP contribution is 2.71. The molecular weight excluding hydrogens is 957 g/mol. The van der Waals surface area contributed by atoms with E-state index in [4.69, 9.17) is 0 Å². The van der Waals surface area contributed by atoms with Gasteiger partial charge in [-0.1, -0.05) is 152 Å². The average molecular weight is 1000 g/mol.